The van der Waals surface area contributed by atoms with Crippen molar-refractivity contribution in [2.24, 2.45) is 12.0 Å². The molecule has 1 atom stereocenters. The molecule has 0 aliphatic heterocycles. The Labute approximate surface area is 165 Å². The maximum Gasteiger partial charge on any atom is 0.191 e. The second-order valence-electron chi connectivity index (χ2n) is 5.79. The van der Waals surface area contributed by atoms with E-state index >= 15 is 0 Å². The molecule has 1 heterocycles. The van der Waals surface area contributed by atoms with Gasteiger partial charge in [-0.25, -0.2) is 4.39 Å². The number of aryl methyl sites for hydroxylation is 1. The van der Waals surface area contributed by atoms with Crippen LogP contribution in [0.15, 0.2) is 41.5 Å². The number of rotatable bonds is 6. The second kappa shape index (κ2) is 10.3. The van der Waals surface area contributed by atoms with Crippen LogP contribution < -0.4 is 10.6 Å². The molecular formula is C17H26FIN6. The van der Waals surface area contributed by atoms with Crippen molar-refractivity contribution in [1.29, 1.82) is 0 Å². The monoisotopic (exact) mass is 460 g/mol. The number of benzene rings is 1. The normalized spacial score (nSPS) is 12.6. The SMILES string of the molecule is CN=C(NCc1ccnn1C)NCC(c1cccc(F)c1)N(C)C.I. The van der Waals surface area contributed by atoms with Crippen LogP contribution in [-0.4, -0.2) is 48.3 Å². The average Bonchev–Trinajstić information content (AvgIpc) is 2.95. The van der Waals surface area contributed by atoms with Gasteiger partial charge in [-0.05, 0) is 37.9 Å². The molecule has 25 heavy (non-hydrogen) atoms. The summed E-state index contributed by atoms with van der Waals surface area (Å²) in [7, 11) is 7.58. The van der Waals surface area contributed by atoms with Crippen molar-refractivity contribution in [1.82, 2.24) is 25.3 Å². The highest BCUT2D eigenvalue weighted by atomic mass is 127. The lowest BCUT2D eigenvalue weighted by molar-refractivity contribution is 0.297. The molecule has 1 aromatic heterocycles. The van der Waals surface area contributed by atoms with Crippen LogP contribution in [0.1, 0.15) is 17.3 Å². The first-order chi connectivity index (χ1) is 11.5. The number of hydrogen-bond donors (Lipinski definition) is 2. The predicted molar refractivity (Wildman–Crippen MR) is 110 cm³/mol. The first-order valence-corrected chi connectivity index (χ1v) is 7.84. The zero-order valence-electron chi connectivity index (χ0n) is 15.0. The van der Waals surface area contributed by atoms with Gasteiger partial charge in [-0.2, -0.15) is 5.10 Å². The molecule has 2 aromatic rings. The first kappa shape index (κ1) is 21.4. The van der Waals surface area contributed by atoms with Crippen LogP contribution in [0.3, 0.4) is 0 Å². The van der Waals surface area contributed by atoms with Crippen molar-refractivity contribution < 1.29 is 4.39 Å². The van der Waals surface area contributed by atoms with E-state index in [9.17, 15) is 4.39 Å². The van der Waals surface area contributed by atoms with E-state index in [0.29, 0.717) is 19.0 Å². The lowest BCUT2D eigenvalue weighted by Crippen LogP contribution is -2.41. The molecule has 6 nitrogen and oxygen atoms in total. The maximum absolute atomic E-state index is 13.5. The lowest BCUT2D eigenvalue weighted by Gasteiger charge is -2.26. The largest absolute Gasteiger partial charge is 0.354 e. The highest BCUT2D eigenvalue weighted by Crippen LogP contribution is 2.18. The molecule has 0 bridgehead atoms. The van der Waals surface area contributed by atoms with Gasteiger partial charge < -0.3 is 15.5 Å². The van der Waals surface area contributed by atoms with Gasteiger partial charge in [0.05, 0.1) is 18.3 Å². The summed E-state index contributed by atoms with van der Waals surface area (Å²) in [5.41, 5.74) is 1.99. The summed E-state index contributed by atoms with van der Waals surface area (Å²) < 4.78 is 15.3. The number of guanidine groups is 1. The molecular weight excluding hydrogens is 434 g/mol. The molecule has 0 radical (unpaired) electrons. The third-order valence-electron chi connectivity index (χ3n) is 3.90. The number of nitrogens with zero attached hydrogens (tertiary/aromatic N) is 4. The van der Waals surface area contributed by atoms with Crippen molar-refractivity contribution in [3.63, 3.8) is 0 Å². The second-order valence-corrected chi connectivity index (χ2v) is 5.79. The summed E-state index contributed by atoms with van der Waals surface area (Å²) in [6, 6.07) is 8.68. The smallest absolute Gasteiger partial charge is 0.191 e. The van der Waals surface area contributed by atoms with Gasteiger partial charge >= 0.3 is 0 Å². The molecule has 0 amide bonds. The van der Waals surface area contributed by atoms with Gasteiger partial charge in [0, 0.05) is 26.8 Å². The molecule has 138 valence electrons. The van der Waals surface area contributed by atoms with E-state index in [1.165, 1.54) is 6.07 Å². The fourth-order valence-electron chi connectivity index (χ4n) is 2.48. The van der Waals surface area contributed by atoms with E-state index in [1.807, 2.05) is 38.0 Å². The zero-order chi connectivity index (χ0) is 17.5. The van der Waals surface area contributed by atoms with Crippen molar-refractivity contribution in [2.75, 3.05) is 27.7 Å². The molecule has 1 unspecified atom stereocenters. The molecule has 2 rings (SSSR count). The summed E-state index contributed by atoms with van der Waals surface area (Å²) >= 11 is 0. The Bertz CT molecular complexity index is 685. The summed E-state index contributed by atoms with van der Waals surface area (Å²) in [5, 5.41) is 10.7. The molecule has 1 aromatic carbocycles. The minimum absolute atomic E-state index is 0. The minimum atomic E-state index is -0.224. The van der Waals surface area contributed by atoms with Gasteiger partial charge in [0.1, 0.15) is 5.82 Å². The van der Waals surface area contributed by atoms with E-state index < -0.39 is 0 Å². The lowest BCUT2D eigenvalue weighted by atomic mass is 10.1. The summed E-state index contributed by atoms with van der Waals surface area (Å²) in [6.07, 6.45) is 1.76. The minimum Gasteiger partial charge on any atom is -0.354 e. The Balaban J connectivity index is 0.00000312. The Hall–Kier alpha value is -1.68. The summed E-state index contributed by atoms with van der Waals surface area (Å²) in [5.74, 6) is 0.470. The van der Waals surface area contributed by atoms with Gasteiger partial charge in [0.2, 0.25) is 0 Å². The van der Waals surface area contributed by atoms with Gasteiger partial charge in [0.25, 0.3) is 0 Å². The van der Waals surface area contributed by atoms with Crippen LogP contribution in [-0.2, 0) is 13.6 Å². The van der Waals surface area contributed by atoms with Crippen molar-refractivity contribution in [3.8, 4) is 0 Å². The zero-order valence-corrected chi connectivity index (χ0v) is 17.4. The number of likely N-dealkylation sites (N-methyl/N-ethyl adjacent to an activating group) is 1. The van der Waals surface area contributed by atoms with E-state index in [1.54, 1.807) is 25.4 Å². The van der Waals surface area contributed by atoms with Gasteiger partial charge in [0.15, 0.2) is 5.96 Å². The van der Waals surface area contributed by atoms with Crippen LogP contribution in [0.4, 0.5) is 4.39 Å². The highest BCUT2D eigenvalue weighted by Gasteiger charge is 2.15. The number of halogens is 2. The topological polar surface area (TPSA) is 57.5 Å². The van der Waals surface area contributed by atoms with Gasteiger partial charge in [-0.1, -0.05) is 12.1 Å². The fraction of sp³-hybridized carbons (Fsp3) is 0.412. The Kier molecular flexibility index (Phi) is 8.84. The van der Waals surface area contributed by atoms with E-state index in [2.05, 4.69) is 25.6 Å². The fourth-order valence-corrected chi connectivity index (χ4v) is 2.48. The molecule has 2 N–H and O–H groups in total. The third-order valence-corrected chi connectivity index (χ3v) is 3.90. The molecule has 0 fully saturated rings. The Morgan fingerprint density at radius 1 is 1.32 bits per heavy atom. The molecule has 0 saturated carbocycles. The maximum atomic E-state index is 13.5. The van der Waals surface area contributed by atoms with Crippen molar-refractivity contribution >= 4 is 29.9 Å². The van der Waals surface area contributed by atoms with Crippen LogP contribution in [0.2, 0.25) is 0 Å². The summed E-state index contributed by atoms with van der Waals surface area (Å²) in [6.45, 7) is 1.24. The Morgan fingerprint density at radius 3 is 2.64 bits per heavy atom. The number of aromatic nitrogens is 2. The van der Waals surface area contributed by atoms with Crippen LogP contribution >= 0.6 is 24.0 Å². The Morgan fingerprint density at radius 2 is 2.08 bits per heavy atom. The van der Waals surface area contributed by atoms with E-state index in [0.717, 1.165) is 11.3 Å². The quantitative estimate of drug-likeness (QED) is 0.394. The molecule has 0 aliphatic carbocycles. The summed E-state index contributed by atoms with van der Waals surface area (Å²) in [4.78, 5) is 6.28. The van der Waals surface area contributed by atoms with E-state index in [-0.39, 0.29) is 35.8 Å². The third kappa shape index (κ3) is 6.28. The van der Waals surface area contributed by atoms with Gasteiger partial charge in [-0.15, -0.1) is 24.0 Å². The first-order valence-electron chi connectivity index (χ1n) is 7.84. The molecule has 8 heteroatoms. The van der Waals surface area contributed by atoms with Crippen LogP contribution in [0.25, 0.3) is 0 Å². The van der Waals surface area contributed by atoms with Crippen LogP contribution in [0.5, 0.6) is 0 Å². The van der Waals surface area contributed by atoms with E-state index in [4.69, 9.17) is 0 Å². The molecule has 0 spiro atoms. The van der Waals surface area contributed by atoms with Crippen molar-refractivity contribution in [3.05, 3.63) is 53.6 Å². The van der Waals surface area contributed by atoms with Crippen molar-refractivity contribution in [2.45, 2.75) is 12.6 Å². The molecule has 0 aliphatic rings. The predicted octanol–water partition coefficient (Wildman–Crippen LogP) is 2.15. The number of hydrogen-bond acceptors (Lipinski definition) is 3. The number of nitrogens with one attached hydrogen (secondary N) is 2. The number of aliphatic imine (C=N–C) groups is 1. The van der Waals surface area contributed by atoms with Gasteiger partial charge in [-0.3, -0.25) is 9.67 Å². The standard InChI is InChI=1S/C17H25FN6.HI/c1-19-17(20-11-15-8-9-22-24(15)4)21-12-16(23(2)3)13-6-5-7-14(18)10-13;/h5-10,16H,11-12H2,1-4H3,(H2,19,20,21);1H. The van der Waals surface area contributed by atoms with Crippen LogP contribution in [0, 0.1) is 5.82 Å². The molecule has 0 saturated heterocycles. The average molecular weight is 460 g/mol. The highest BCUT2D eigenvalue weighted by molar-refractivity contribution is 14.0.